The van der Waals surface area contributed by atoms with E-state index in [1.54, 1.807) is 29.4 Å². The third-order valence-corrected chi connectivity index (χ3v) is 4.59. The molecule has 0 spiro atoms. The Morgan fingerprint density at radius 1 is 1.30 bits per heavy atom. The van der Waals surface area contributed by atoms with Crippen molar-refractivity contribution in [2.45, 2.75) is 16.7 Å². The van der Waals surface area contributed by atoms with Crippen LogP contribution >= 0.6 is 34.9 Å². The van der Waals surface area contributed by atoms with E-state index in [-0.39, 0.29) is 0 Å². The Morgan fingerprint density at radius 2 is 2.25 bits per heavy atom. The molecule has 8 heteroatoms. The van der Waals surface area contributed by atoms with Crippen LogP contribution < -0.4 is 0 Å². The van der Waals surface area contributed by atoms with Gasteiger partial charge in [-0.2, -0.15) is 11.8 Å². The van der Waals surface area contributed by atoms with Gasteiger partial charge in [-0.1, -0.05) is 17.8 Å². The molecule has 0 unspecified atom stereocenters. The van der Waals surface area contributed by atoms with E-state index in [0.29, 0.717) is 22.8 Å². The van der Waals surface area contributed by atoms with Gasteiger partial charge < -0.3 is 8.83 Å². The van der Waals surface area contributed by atoms with E-state index in [0.717, 1.165) is 16.3 Å². The normalized spacial score (nSPS) is 11.1. The van der Waals surface area contributed by atoms with E-state index in [1.807, 2.05) is 23.8 Å². The van der Waals surface area contributed by atoms with Gasteiger partial charge >= 0.3 is 0 Å². The highest BCUT2D eigenvalue weighted by atomic mass is 32.2. The second-order valence-corrected chi connectivity index (χ2v) is 6.55. The first-order valence-corrected chi connectivity index (χ1v) is 9.03. The van der Waals surface area contributed by atoms with E-state index < -0.39 is 0 Å². The number of oxazole rings is 1. The standard InChI is InChI=1S/C12H11N3O2S3/c1-18-7-10-14-15-12(17-10)20-6-8-5-16-11(13-8)9-3-2-4-19-9/h2-5H,6-7H2,1H3. The van der Waals surface area contributed by atoms with Crippen LogP contribution in [0.5, 0.6) is 0 Å². The first-order chi connectivity index (χ1) is 9.85. The third kappa shape index (κ3) is 3.25. The minimum atomic E-state index is 0.565. The fraction of sp³-hybridized carbons (Fsp3) is 0.250. The van der Waals surface area contributed by atoms with Gasteiger partial charge in [-0.05, 0) is 17.7 Å². The number of nitrogens with zero attached hydrogens (tertiary/aromatic N) is 3. The van der Waals surface area contributed by atoms with Crippen molar-refractivity contribution in [1.82, 2.24) is 15.2 Å². The highest BCUT2D eigenvalue weighted by Crippen LogP contribution is 2.26. The Kier molecular flexibility index (Phi) is 4.44. The third-order valence-electron chi connectivity index (χ3n) is 2.34. The molecule has 0 radical (unpaired) electrons. The fourth-order valence-corrected chi connectivity index (χ4v) is 3.18. The smallest absolute Gasteiger partial charge is 0.276 e. The van der Waals surface area contributed by atoms with Crippen molar-refractivity contribution >= 4 is 34.9 Å². The lowest BCUT2D eigenvalue weighted by Crippen LogP contribution is -1.81. The zero-order valence-corrected chi connectivity index (χ0v) is 13.1. The van der Waals surface area contributed by atoms with Crippen molar-refractivity contribution in [3.8, 4) is 10.8 Å². The predicted molar refractivity (Wildman–Crippen MR) is 80.9 cm³/mol. The summed E-state index contributed by atoms with van der Waals surface area (Å²) in [5, 5.41) is 10.5. The Bertz CT molecular complexity index is 663. The molecule has 5 nitrogen and oxygen atoms in total. The molecule has 3 rings (SSSR count). The van der Waals surface area contributed by atoms with Crippen molar-refractivity contribution < 1.29 is 8.83 Å². The summed E-state index contributed by atoms with van der Waals surface area (Å²) in [5.41, 5.74) is 0.864. The van der Waals surface area contributed by atoms with Gasteiger partial charge in [0.05, 0.1) is 16.3 Å². The zero-order valence-electron chi connectivity index (χ0n) is 10.6. The molecule has 0 aromatic carbocycles. The van der Waals surface area contributed by atoms with Gasteiger partial charge in [0.2, 0.25) is 11.8 Å². The molecule has 0 amide bonds. The summed E-state index contributed by atoms with van der Waals surface area (Å²) in [7, 11) is 0. The van der Waals surface area contributed by atoms with Gasteiger partial charge in [0.25, 0.3) is 5.22 Å². The second-order valence-electron chi connectivity index (χ2n) is 3.80. The van der Waals surface area contributed by atoms with E-state index in [9.17, 15) is 0 Å². The van der Waals surface area contributed by atoms with Crippen molar-refractivity contribution in [2.24, 2.45) is 0 Å². The molecule has 3 aromatic rings. The largest absolute Gasteiger partial charge is 0.444 e. The number of thioether (sulfide) groups is 2. The molecule has 0 saturated carbocycles. The van der Waals surface area contributed by atoms with Crippen LogP contribution in [0.4, 0.5) is 0 Å². The van der Waals surface area contributed by atoms with Gasteiger partial charge in [-0.25, -0.2) is 4.98 Å². The Hall–Kier alpha value is -1.25. The lowest BCUT2D eigenvalue weighted by molar-refractivity contribution is 0.426. The van der Waals surface area contributed by atoms with Crippen LogP contribution in [-0.2, 0) is 11.5 Å². The van der Waals surface area contributed by atoms with Crippen LogP contribution in [0, 0.1) is 0 Å². The maximum atomic E-state index is 5.49. The molecule has 3 aromatic heterocycles. The van der Waals surface area contributed by atoms with Crippen molar-refractivity contribution in [1.29, 1.82) is 0 Å². The molecule has 0 aliphatic carbocycles. The molecule has 0 atom stereocenters. The molecule has 0 aliphatic heterocycles. The highest BCUT2D eigenvalue weighted by molar-refractivity contribution is 7.98. The number of hydrogen-bond acceptors (Lipinski definition) is 8. The average molecular weight is 325 g/mol. The first kappa shape index (κ1) is 13.7. The van der Waals surface area contributed by atoms with Crippen LogP contribution in [0.1, 0.15) is 11.6 Å². The topological polar surface area (TPSA) is 65.0 Å². The lowest BCUT2D eigenvalue weighted by Gasteiger charge is -1.91. The molecule has 104 valence electrons. The maximum Gasteiger partial charge on any atom is 0.276 e. The molecule has 0 bridgehead atoms. The van der Waals surface area contributed by atoms with E-state index in [2.05, 4.69) is 15.2 Å². The zero-order chi connectivity index (χ0) is 13.8. The number of aromatic nitrogens is 3. The summed E-state index contributed by atoms with van der Waals surface area (Å²) in [6.07, 6.45) is 3.67. The SMILES string of the molecule is CSCc1nnc(SCc2coc(-c3cccs3)n2)o1. The summed E-state index contributed by atoms with van der Waals surface area (Å²) < 4.78 is 10.9. The number of rotatable bonds is 6. The van der Waals surface area contributed by atoms with Crippen LogP contribution in [0.25, 0.3) is 10.8 Å². The van der Waals surface area contributed by atoms with Gasteiger partial charge in [0.15, 0.2) is 0 Å². The van der Waals surface area contributed by atoms with Crippen molar-refractivity contribution in [3.05, 3.63) is 35.4 Å². The minimum absolute atomic E-state index is 0.565. The molecule has 20 heavy (non-hydrogen) atoms. The molecule has 3 heterocycles. The van der Waals surface area contributed by atoms with Crippen LogP contribution in [0.3, 0.4) is 0 Å². The molecular formula is C12H11N3O2S3. The quantitative estimate of drug-likeness (QED) is 0.636. The van der Waals surface area contributed by atoms with Crippen LogP contribution in [-0.4, -0.2) is 21.4 Å². The molecule has 0 fully saturated rings. The van der Waals surface area contributed by atoms with Gasteiger partial charge in [-0.15, -0.1) is 21.5 Å². The van der Waals surface area contributed by atoms with Gasteiger partial charge in [-0.3, -0.25) is 0 Å². The highest BCUT2D eigenvalue weighted by Gasteiger charge is 2.10. The van der Waals surface area contributed by atoms with E-state index in [4.69, 9.17) is 8.83 Å². The molecule has 0 N–H and O–H groups in total. The minimum Gasteiger partial charge on any atom is -0.444 e. The summed E-state index contributed by atoms with van der Waals surface area (Å²) >= 11 is 4.72. The predicted octanol–water partition coefficient (Wildman–Crippen LogP) is 3.94. The summed E-state index contributed by atoms with van der Waals surface area (Å²) in [4.78, 5) is 5.47. The van der Waals surface area contributed by atoms with Crippen molar-refractivity contribution in [2.75, 3.05) is 6.26 Å². The number of hydrogen-bond donors (Lipinski definition) is 0. The maximum absolute atomic E-state index is 5.49. The van der Waals surface area contributed by atoms with Gasteiger partial charge in [0, 0.05) is 5.75 Å². The fourth-order valence-electron chi connectivity index (χ4n) is 1.50. The molecular weight excluding hydrogens is 314 g/mol. The van der Waals surface area contributed by atoms with Gasteiger partial charge in [0.1, 0.15) is 6.26 Å². The monoisotopic (exact) mass is 325 g/mol. The Morgan fingerprint density at radius 3 is 3.05 bits per heavy atom. The number of thiophene rings is 1. The Balaban J connectivity index is 1.60. The van der Waals surface area contributed by atoms with E-state index in [1.165, 1.54) is 11.8 Å². The first-order valence-electron chi connectivity index (χ1n) is 5.77. The average Bonchev–Trinajstić information content (AvgIpc) is 3.18. The van der Waals surface area contributed by atoms with Crippen molar-refractivity contribution in [3.63, 3.8) is 0 Å². The molecule has 0 saturated heterocycles. The van der Waals surface area contributed by atoms with Crippen LogP contribution in [0.2, 0.25) is 0 Å². The van der Waals surface area contributed by atoms with E-state index >= 15 is 0 Å². The van der Waals surface area contributed by atoms with Crippen LogP contribution in [0.15, 0.2) is 37.8 Å². The summed E-state index contributed by atoms with van der Waals surface area (Å²) in [6, 6.07) is 3.96. The summed E-state index contributed by atoms with van der Waals surface area (Å²) in [5.74, 6) is 2.69. The summed E-state index contributed by atoms with van der Waals surface area (Å²) in [6.45, 7) is 0. The lowest BCUT2D eigenvalue weighted by atomic mass is 10.5. The second kappa shape index (κ2) is 6.47. The Labute approximate surface area is 128 Å². The molecule has 0 aliphatic rings.